The topological polar surface area (TPSA) is 74.2 Å². The van der Waals surface area contributed by atoms with Crippen LogP contribution in [0, 0.1) is 19.8 Å². The van der Waals surface area contributed by atoms with Crippen LogP contribution >= 0.6 is 11.5 Å². The van der Waals surface area contributed by atoms with Crippen LogP contribution in [0.3, 0.4) is 0 Å². The Labute approximate surface area is 133 Å². The van der Waals surface area contributed by atoms with Gasteiger partial charge in [0, 0.05) is 11.8 Å². The molecule has 0 radical (unpaired) electrons. The first-order valence-corrected chi connectivity index (χ1v) is 8.32. The highest BCUT2D eigenvalue weighted by Gasteiger charge is 2.52. The number of rotatable bonds is 4. The average molecular weight is 317 g/mol. The standard InChI is InChI=1S/C15H19N5OS/c1-9-6-16-14(17-12-5-10(2)19-22-12)18-13(9)20-7-15(21,8-20)11-3-4-11/h5-6,11,21H,3-4,7-8H2,1-2H3,(H,16,17,18). The molecular formula is C15H19N5OS. The number of aromatic nitrogens is 3. The van der Waals surface area contributed by atoms with E-state index >= 15 is 0 Å². The minimum atomic E-state index is -0.500. The van der Waals surface area contributed by atoms with Crippen molar-refractivity contribution in [1.29, 1.82) is 0 Å². The summed E-state index contributed by atoms with van der Waals surface area (Å²) in [5.41, 5.74) is 1.51. The van der Waals surface area contributed by atoms with Crippen molar-refractivity contribution in [3.05, 3.63) is 23.5 Å². The van der Waals surface area contributed by atoms with Gasteiger partial charge in [-0.3, -0.25) is 0 Å². The van der Waals surface area contributed by atoms with E-state index in [4.69, 9.17) is 0 Å². The van der Waals surface area contributed by atoms with Crippen molar-refractivity contribution < 1.29 is 5.11 Å². The molecule has 2 aliphatic rings. The van der Waals surface area contributed by atoms with Crippen LogP contribution in [0.5, 0.6) is 0 Å². The summed E-state index contributed by atoms with van der Waals surface area (Å²) in [5, 5.41) is 14.6. The molecule has 2 aromatic heterocycles. The van der Waals surface area contributed by atoms with Crippen LogP contribution < -0.4 is 10.2 Å². The van der Waals surface area contributed by atoms with Gasteiger partial charge in [0.1, 0.15) is 16.4 Å². The molecule has 7 heteroatoms. The third-order valence-electron chi connectivity index (χ3n) is 4.37. The van der Waals surface area contributed by atoms with Crippen molar-refractivity contribution in [1.82, 2.24) is 14.3 Å². The third kappa shape index (κ3) is 2.44. The maximum absolute atomic E-state index is 10.5. The first-order valence-electron chi connectivity index (χ1n) is 7.55. The summed E-state index contributed by atoms with van der Waals surface area (Å²) in [5.74, 6) is 1.97. The molecule has 2 aromatic rings. The summed E-state index contributed by atoms with van der Waals surface area (Å²) in [6.07, 6.45) is 4.14. The first-order chi connectivity index (χ1) is 10.5. The molecule has 0 aromatic carbocycles. The lowest BCUT2D eigenvalue weighted by atomic mass is 9.88. The molecule has 0 spiro atoms. The van der Waals surface area contributed by atoms with Crippen LogP contribution in [0.4, 0.5) is 16.8 Å². The number of β-amino-alcohol motifs (C(OH)–C–C–N with tert-alkyl or cyclic N) is 1. The zero-order valence-corrected chi connectivity index (χ0v) is 13.5. The van der Waals surface area contributed by atoms with Crippen LogP contribution in [0.25, 0.3) is 0 Å². The minimum absolute atomic E-state index is 0.489. The summed E-state index contributed by atoms with van der Waals surface area (Å²) in [6.45, 7) is 5.32. The van der Waals surface area contributed by atoms with Gasteiger partial charge in [-0.15, -0.1) is 0 Å². The van der Waals surface area contributed by atoms with Crippen LogP contribution in [-0.4, -0.2) is 38.1 Å². The summed E-state index contributed by atoms with van der Waals surface area (Å²) in [6, 6.07) is 1.98. The lowest BCUT2D eigenvalue weighted by Crippen LogP contribution is -2.63. The van der Waals surface area contributed by atoms with Crippen LogP contribution in [0.1, 0.15) is 24.1 Å². The summed E-state index contributed by atoms with van der Waals surface area (Å²) < 4.78 is 4.24. The van der Waals surface area contributed by atoms with Gasteiger partial charge >= 0.3 is 0 Å². The lowest BCUT2D eigenvalue weighted by Gasteiger charge is -2.48. The van der Waals surface area contributed by atoms with E-state index in [1.807, 2.05) is 26.1 Å². The van der Waals surface area contributed by atoms with Crippen molar-refractivity contribution in [3.63, 3.8) is 0 Å². The molecule has 1 saturated heterocycles. The predicted octanol–water partition coefficient (Wildman–Crippen LogP) is 2.25. The fourth-order valence-corrected chi connectivity index (χ4v) is 3.64. The number of aliphatic hydroxyl groups is 1. The first kappa shape index (κ1) is 13.9. The third-order valence-corrected chi connectivity index (χ3v) is 5.17. The molecule has 0 bridgehead atoms. The highest BCUT2D eigenvalue weighted by molar-refractivity contribution is 7.10. The normalized spacial score (nSPS) is 19.9. The van der Waals surface area contributed by atoms with Crippen LogP contribution in [0.15, 0.2) is 12.3 Å². The van der Waals surface area contributed by atoms with Crippen molar-refractivity contribution in [2.75, 3.05) is 23.3 Å². The van der Waals surface area contributed by atoms with Crippen molar-refractivity contribution in [2.24, 2.45) is 5.92 Å². The molecule has 3 heterocycles. The molecule has 116 valence electrons. The van der Waals surface area contributed by atoms with Gasteiger partial charge in [-0.1, -0.05) is 0 Å². The van der Waals surface area contributed by atoms with E-state index < -0.39 is 5.60 Å². The van der Waals surface area contributed by atoms with Crippen LogP contribution in [0.2, 0.25) is 0 Å². The SMILES string of the molecule is Cc1cc(Nc2ncc(C)c(N3CC(O)(C4CC4)C3)n2)sn1. The second-order valence-electron chi connectivity index (χ2n) is 6.39. The molecular weight excluding hydrogens is 298 g/mol. The zero-order chi connectivity index (χ0) is 15.3. The Hall–Kier alpha value is -1.73. The van der Waals surface area contributed by atoms with Gasteiger partial charge in [0.05, 0.1) is 18.8 Å². The fraction of sp³-hybridized carbons (Fsp3) is 0.533. The summed E-state index contributed by atoms with van der Waals surface area (Å²) in [4.78, 5) is 11.1. The Bertz CT molecular complexity index is 706. The average Bonchev–Trinajstić information content (AvgIpc) is 3.22. The van der Waals surface area contributed by atoms with Gasteiger partial charge in [-0.05, 0) is 50.2 Å². The summed E-state index contributed by atoms with van der Waals surface area (Å²) >= 11 is 1.40. The Morgan fingerprint density at radius 3 is 2.77 bits per heavy atom. The van der Waals surface area contributed by atoms with E-state index in [2.05, 4.69) is 24.6 Å². The van der Waals surface area contributed by atoms with Gasteiger partial charge in [0.2, 0.25) is 5.95 Å². The quantitative estimate of drug-likeness (QED) is 0.901. The van der Waals surface area contributed by atoms with E-state index in [-0.39, 0.29) is 0 Å². The number of hydrogen-bond acceptors (Lipinski definition) is 7. The zero-order valence-electron chi connectivity index (χ0n) is 12.7. The molecule has 6 nitrogen and oxygen atoms in total. The number of anilines is 3. The minimum Gasteiger partial charge on any atom is -0.386 e. The number of nitrogens with one attached hydrogen (secondary N) is 1. The van der Waals surface area contributed by atoms with E-state index in [1.54, 1.807) is 0 Å². The van der Waals surface area contributed by atoms with E-state index in [0.29, 0.717) is 25.0 Å². The predicted molar refractivity (Wildman–Crippen MR) is 86.8 cm³/mol. The maximum Gasteiger partial charge on any atom is 0.229 e. The summed E-state index contributed by atoms with van der Waals surface area (Å²) in [7, 11) is 0. The molecule has 0 atom stereocenters. The number of hydrogen-bond donors (Lipinski definition) is 2. The molecule has 1 saturated carbocycles. The smallest absolute Gasteiger partial charge is 0.229 e. The van der Waals surface area contributed by atoms with E-state index in [9.17, 15) is 5.11 Å². The van der Waals surface area contributed by atoms with E-state index in [0.717, 1.165) is 34.9 Å². The molecule has 2 fully saturated rings. The monoisotopic (exact) mass is 317 g/mol. The Morgan fingerprint density at radius 1 is 1.36 bits per heavy atom. The molecule has 0 unspecified atom stereocenters. The number of aryl methyl sites for hydroxylation is 2. The molecule has 22 heavy (non-hydrogen) atoms. The second kappa shape index (κ2) is 4.89. The fourth-order valence-electron chi connectivity index (χ4n) is 2.99. The molecule has 0 amide bonds. The Kier molecular flexibility index (Phi) is 3.09. The lowest BCUT2D eigenvalue weighted by molar-refractivity contribution is -0.00979. The Balaban J connectivity index is 1.51. The molecule has 2 N–H and O–H groups in total. The van der Waals surface area contributed by atoms with Crippen molar-refractivity contribution in [2.45, 2.75) is 32.3 Å². The van der Waals surface area contributed by atoms with Gasteiger partial charge < -0.3 is 15.3 Å². The second-order valence-corrected chi connectivity index (χ2v) is 7.20. The largest absolute Gasteiger partial charge is 0.386 e. The maximum atomic E-state index is 10.5. The van der Waals surface area contributed by atoms with Gasteiger partial charge in [0.25, 0.3) is 0 Å². The molecule has 1 aliphatic carbocycles. The van der Waals surface area contributed by atoms with Gasteiger partial charge in [0.15, 0.2) is 0 Å². The number of nitrogens with zero attached hydrogens (tertiary/aromatic N) is 4. The van der Waals surface area contributed by atoms with Crippen molar-refractivity contribution in [3.8, 4) is 0 Å². The van der Waals surface area contributed by atoms with Crippen LogP contribution in [-0.2, 0) is 0 Å². The molecule has 4 rings (SSSR count). The highest BCUT2D eigenvalue weighted by Crippen LogP contribution is 2.45. The van der Waals surface area contributed by atoms with Gasteiger partial charge in [-0.25, -0.2) is 4.98 Å². The van der Waals surface area contributed by atoms with E-state index in [1.165, 1.54) is 11.5 Å². The van der Waals surface area contributed by atoms with Crippen molar-refractivity contribution >= 4 is 28.3 Å². The highest BCUT2D eigenvalue weighted by atomic mass is 32.1. The van der Waals surface area contributed by atoms with Gasteiger partial charge in [-0.2, -0.15) is 9.36 Å². The molecule has 1 aliphatic heterocycles. The Morgan fingerprint density at radius 2 is 2.14 bits per heavy atom.